The van der Waals surface area contributed by atoms with E-state index in [1.807, 2.05) is 6.92 Å². The largest absolute Gasteiger partial charge is 0.464 e. The maximum atomic E-state index is 11.2. The van der Waals surface area contributed by atoms with E-state index in [0.29, 0.717) is 13.1 Å². The summed E-state index contributed by atoms with van der Waals surface area (Å²) in [6.07, 6.45) is 2.14. The summed E-state index contributed by atoms with van der Waals surface area (Å²) in [5.74, 6) is -0.452. The maximum absolute atomic E-state index is 11.2. The average Bonchev–Trinajstić information content (AvgIpc) is 2.15. The Morgan fingerprint density at radius 3 is 2.50 bits per heavy atom. The molecule has 1 amide bonds. The second kappa shape index (κ2) is 7.12. The van der Waals surface area contributed by atoms with E-state index in [1.165, 1.54) is 13.0 Å². The minimum atomic E-state index is -0.326. The number of rotatable bonds is 6. The van der Waals surface area contributed by atoms with E-state index in [4.69, 9.17) is 4.74 Å². The number of carbonyl (C=O) groups excluding carboxylic acids is 2. The van der Waals surface area contributed by atoms with Gasteiger partial charge in [-0.05, 0) is 12.5 Å². The second-order valence-corrected chi connectivity index (χ2v) is 2.87. The highest BCUT2D eigenvalue weighted by molar-refractivity contribution is 5.86. The van der Waals surface area contributed by atoms with Gasteiger partial charge in [0.1, 0.15) is 6.61 Å². The van der Waals surface area contributed by atoms with Gasteiger partial charge >= 0.3 is 5.97 Å². The third kappa shape index (κ3) is 5.35. The van der Waals surface area contributed by atoms with Gasteiger partial charge in [0.05, 0.1) is 6.54 Å². The van der Waals surface area contributed by atoms with Gasteiger partial charge in [0, 0.05) is 13.5 Å². The molecule has 0 aromatic rings. The summed E-state index contributed by atoms with van der Waals surface area (Å²) in [4.78, 5) is 23.3. The summed E-state index contributed by atoms with van der Waals surface area (Å²) in [7, 11) is 0. The Bertz CT molecular complexity index is 213. The fourth-order valence-corrected chi connectivity index (χ4v) is 1.03. The third-order valence-electron chi connectivity index (χ3n) is 1.65. The standard InChI is InChI=1S/C10H17NO3/c1-4-6-11(10(13)5-2)7-8-14-9(3)12/h5H,2,4,6-8H2,1,3H3. The van der Waals surface area contributed by atoms with Crippen molar-refractivity contribution in [1.29, 1.82) is 0 Å². The van der Waals surface area contributed by atoms with Crippen LogP contribution in [0.2, 0.25) is 0 Å². The lowest BCUT2D eigenvalue weighted by atomic mass is 10.4. The van der Waals surface area contributed by atoms with Crippen LogP contribution in [0.1, 0.15) is 20.3 Å². The molecule has 0 aliphatic rings. The Balaban J connectivity index is 3.90. The van der Waals surface area contributed by atoms with Gasteiger partial charge in [0.2, 0.25) is 5.91 Å². The highest BCUT2D eigenvalue weighted by Gasteiger charge is 2.08. The lowest BCUT2D eigenvalue weighted by Crippen LogP contribution is -2.33. The van der Waals surface area contributed by atoms with E-state index in [0.717, 1.165) is 6.42 Å². The summed E-state index contributed by atoms with van der Waals surface area (Å²) >= 11 is 0. The predicted octanol–water partition coefficient (Wildman–Crippen LogP) is 0.974. The van der Waals surface area contributed by atoms with Crippen LogP contribution in [0.4, 0.5) is 0 Å². The average molecular weight is 199 g/mol. The van der Waals surface area contributed by atoms with Crippen molar-refractivity contribution in [3.05, 3.63) is 12.7 Å². The van der Waals surface area contributed by atoms with Gasteiger partial charge in [-0.1, -0.05) is 13.5 Å². The smallest absolute Gasteiger partial charge is 0.302 e. The van der Waals surface area contributed by atoms with Gasteiger partial charge in [-0.15, -0.1) is 0 Å². The zero-order chi connectivity index (χ0) is 11.0. The van der Waals surface area contributed by atoms with Gasteiger partial charge in [-0.2, -0.15) is 0 Å². The molecule has 0 aliphatic heterocycles. The summed E-state index contributed by atoms with van der Waals surface area (Å²) in [6.45, 7) is 8.07. The Labute approximate surface area is 84.5 Å². The van der Waals surface area contributed by atoms with Crippen LogP contribution in [0.5, 0.6) is 0 Å². The molecule has 0 rings (SSSR count). The summed E-state index contributed by atoms with van der Waals surface area (Å²) in [6, 6.07) is 0. The number of nitrogens with zero attached hydrogens (tertiary/aromatic N) is 1. The molecule has 0 aromatic carbocycles. The van der Waals surface area contributed by atoms with Gasteiger partial charge in [0.15, 0.2) is 0 Å². The van der Waals surface area contributed by atoms with E-state index >= 15 is 0 Å². The highest BCUT2D eigenvalue weighted by Crippen LogP contribution is 1.94. The SMILES string of the molecule is C=CC(=O)N(CCC)CCOC(C)=O. The first-order chi connectivity index (χ1) is 6.61. The minimum absolute atomic E-state index is 0.126. The van der Waals surface area contributed by atoms with E-state index in [1.54, 1.807) is 4.90 Å². The number of esters is 1. The molecule has 0 heterocycles. The topological polar surface area (TPSA) is 46.6 Å². The Morgan fingerprint density at radius 2 is 2.07 bits per heavy atom. The third-order valence-corrected chi connectivity index (χ3v) is 1.65. The Kier molecular flexibility index (Phi) is 6.45. The van der Waals surface area contributed by atoms with Crippen LogP contribution in [0, 0.1) is 0 Å². The first-order valence-corrected chi connectivity index (χ1v) is 4.66. The molecule has 0 bridgehead atoms. The van der Waals surface area contributed by atoms with Crippen molar-refractivity contribution in [3.8, 4) is 0 Å². The molecule has 0 aromatic heterocycles. The van der Waals surface area contributed by atoms with Crippen molar-refractivity contribution in [2.24, 2.45) is 0 Å². The molecule has 80 valence electrons. The van der Waals surface area contributed by atoms with Crippen molar-refractivity contribution < 1.29 is 14.3 Å². The summed E-state index contributed by atoms with van der Waals surface area (Å²) in [5, 5.41) is 0. The van der Waals surface area contributed by atoms with E-state index in [9.17, 15) is 9.59 Å². The minimum Gasteiger partial charge on any atom is -0.464 e. The van der Waals surface area contributed by atoms with Crippen molar-refractivity contribution in [2.45, 2.75) is 20.3 Å². The van der Waals surface area contributed by atoms with Gasteiger partial charge in [0.25, 0.3) is 0 Å². The van der Waals surface area contributed by atoms with Crippen molar-refractivity contribution >= 4 is 11.9 Å². The first-order valence-electron chi connectivity index (χ1n) is 4.66. The number of carbonyl (C=O) groups is 2. The van der Waals surface area contributed by atoms with Crippen molar-refractivity contribution in [2.75, 3.05) is 19.7 Å². The molecule has 0 N–H and O–H groups in total. The molecule has 4 nitrogen and oxygen atoms in total. The molecule has 14 heavy (non-hydrogen) atoms. The molecule has 4 heteroatoms. The monoisotopic (exact) mass is 199 g/mol. The van der Waals surface area contributed by atoms with E-state index < -0.39 is 0 Å². The number of hydrogen-bond acceptors (Lipinski definition) is 3. The lowest BCUT2D eigenvalue weighted by molar-refractivity contribution is -0.142. The van der Waals surface area contributed by atoms with Crippen LogP contribution in [0.3, 0.4) is 0 Å². The molecule has 0 aliphatic carbocycles. The zero-order valence-electron chi connectivity index (χ0n) is 8.78. The molecule has 0 atom stereocenters. The molecule has 0 saturated carbocycles. The molecular weight excluding hydrogens is 182 g/mol. The Morgan fingerprint density at radius 1 is 1.43 bits per heavy atom. The summed E-state index contributed by atoms with van der Waals surface area (Å²) in [5.41, 5.74) is 0. The molecule has 0 fully saturated rings. The molecular formula is C10H17NO3. The van der Waals surface area contributed by atoms with Crippen LogP contribution in [-0.4, -0.2) is 36.5 Å². The predicted molar refractivity (Wildman–Crippen MR) is 53.7 cm³/mol. The van der Waals surface area contributed by atoms with Crippen LogP contribution < -0.4 is 0 Å². The second-order valence-electron chi connectivity index (χ2n) is 2.87. The Hall–Kier alpha value is -1.32. The fraction of sp³-hybridized carbons (Fsp3) is 0.600. The van der Waals surface area contributed by atoms with Crippen LogP contribution in [-0.2, 0) is 14.3 Å². The molecule has 0 saturated heterocycles. The van der Waals surface area contributed by atoms with Crippen molar-refractivity contribution in [3.63, 3.8) is 0 Å². The van der Waals surface area contributed by atoms with Crippen LogP contribution >= 0.6 is 0 Å². The van der Waals surface area contributed by atoms with Crippen LogP contribution in [0.25, 0.3) is 0 Å². The van der Waals surface area contributed by atoms with Gasteiger partial charge in [-0.3, -0.25) is 9.59 Å². The van der Waals surface area contributed by atoms with Crippen molar-refractivity contribution in [1.82, 2.24) is 4.90 Å². The zero-order valence-corrected chi connectivity index (χ0v) is 8.78. The first kappa shape index (κ1) is 12.7. The quantitative estimate of drug-likeness (QED) is 0.473. The number of amides is 1. The number of ether oxygens (including phenoxy) is 1. The molecule has 0 unspecified atom stereocenters. The molecule has 0 spiro atoms. The van der Waals surface area contributed by atoms with Gasteiger partial charge in [-0.25, -0.2) is 0 Å². The number of hydrogen-bond donors (Lipinski definition) is 0. The van der Waals surface area contributed by atoms with E-state index in [-0.39, 0.29) is 18.5 Å². The van der Waals surface area contributed by atoms with Crippen LogP contribution in [0.15, 0.2) is 12.7 Å². The highest BCUT2D eigenvalue weighted by atomic mass is 16.5. The lowest BCUT2D eigenvalue weighted by Gasteiger charge is -2.19. The molecule has 0 radical (unpaired) electrons. The maximum Gasteiger partial charge on any atom is 0.302 e. The van der Waals surface area contributed by atoms with Gasteiger partial charge < -0.3 is 9.64 Å². The van der Waals surface area contributed by atoms with E-state index in [2.05, 4.69) is 6.58 Å². The summed E-state index contributed by atoms with van der Waals surface area (Å²) < 4.78 is 4.75. The normalized spacial score (nSPS) is 9.29. The fourth-order valence-electron chi connectivity index (χ4n) is 1.03.